The predicted molar refractivity (Wildman–Crippen MR) is 79.8 cm³/mol. The molecule has 112 valence electrons. The summed E-state index contributed by atoms with van der Waals surface area (Å²) in [4.78, 5) is 14.3. The van der Waals surface area contributed by atoms with Gasteiger partial charge in [-0.15, -0.1) is 0 Å². The van der Waals surface area contributed by atoms with Gasteiger partial charge in [-0.25, -0.2) is 0 Å². The first-order chi connectivity index (χ1) is 9.58. The molecule has 2 heterocycles. The summed E-state index contributed by atoms with van der Waals surface area (Å²) in [7, 11) is 2.03. The summed E-state index contributed by atoms with van der Waals surface area (Å²) in [5, 5.41) is 13.3. The standard InChI is InChI=1S/C14H25N5O/c1-10-14(11(2)18-17-10)16-13(20)9-19(3)12-5-4-7-15-8-6-12/h12,15H,4-9H2,1-3H3,(H,16,20)(H,17,18). The molecule has 2 rings (SSSR count). The average molecular weight is 279 g/mol. The van der Waals surface area contributed by atoms with Gasteiger partial charge >= 0.3 is 0 Å². The fourth-order valence-corrected chi connectivity index (χ4v) is 2.71. The average Bonchev–Trinajstić information content (AvgIpc) is 2.65. The second-order valence-corrected chi connectivity index (χ2v) is 5.61. The molecule has 0 spiro atoms. The molecule has 1 amide bonds. The lowest BCUT2D eigenvalue weighted by molar-refractivity contribution is -0.117. The van der Waals surface area contributed by atoms with Crippen molar-refractivity contribution < 1.29 is 4.79 Å². The number of amides is 1. The topological polar surface area (TPSA) is 73.0 Å². The van der Waals surface area contributed by atoms with Gasteiger partial charge in [0, 0.05) is 6.04 Å². The number of hydrogen-bond acceptors (Lipinski definition) is 4. The lowest BCUT2D eigenvalue weighted by Crippen LogP contribution is -2.38. The van der Waals surface area contributed by atoms with E-state index in [4.69, 9.17) is 0 Å². The van der Waals surface area contributed by atoms with Crippen LogP contribution >= 0.6 is 0 Å². The van der Waals surface area contributed by atoms with E-state index in [0.29, 0.717) is 12.6 Å². The smallest absolute Gasteiger partial charge is 0.238 e. The van der Waals surface area contributed by atoms with Gasteiger partial charge in [0.2, 0.25) is 5.91 Å². The Labute approximate surface area is 120 Å². The monoisotopic (exact) mass is 279 g/mol. The van der Waals surface area contributed by atoms with Gasteiger partial charge in [0.15, 0.2) is 0 Å². The number of carbonyl (C=O) groups is 1. The summed E-state index contributed by atoms with van der Waals surface area (Å²) in [6.45, 7) is 6.35. The summed E-state index contributed by atoms with van der Waals surface area (Å²) in [6, 6.07) is 0.488. The molecule has 0 aromatic carbocycles. The van der Waals surface area contributed by atoms with E-state index in [9.17, 15) is 4.79 Å². The molecule has 1 aliphatic heterocycles. The van der Waals surface area contributed by atoms with Crippen molar-refractivity contribution in [3.05, 3.63) is 11.4 Å². The SMILES string of the molecule is Cc1n[nH]c(C)c1NC(=O)CN(C)C1CCCNCC1. The number of hydrogen-bond donors (Lipinski definition) is 3. The molecule has 6 heteroatoms. The van der Waals surface area contributed by atoms with Gasteiger partial charge in [-0.05, 0) is 53.2 Å². The number of aryl methyl sites for hydroxylation is 2. The Balaban J connectivity index is 1.87. The lowest BCUT2D eigenvalue weighted by atomic mass is 10.1. The van der Waals surface area contributed by atoms with Crippen molar-refractivity contribution in [1.82, 2.24) is 20.4 Å². The summed E-state index contributed by atoms with van der Waals surface area (Å²) >= 11 is 0. The number of aromatic amines is 1. The first-order valence-corrected chi connectivity index (χ1v) is 7.30. The third-order valence-electron chi connectivity index (χ3n) is 3.95. The van der Waals surface area contributed by atoms with Crippen LogP contribution in [0.15, 0.2) is 0 Å². The zero-order chi connectivity index (χ0) is 14.5. The molecule has 1 aromatic rings. The van der Waals surface area contributed by atoms with Crippen LogP contribution in [0.3, 0.4) is 0 Å². The van der Waals surface area contributed by atoms with Crippen molar-refractivity contribution >= 4 is 11.6 Å². The maximum absolute atomic E-state index is 12.1. The summed E-state index contributed by atoms with van der Waals surface area (Å²) in [5.41, 5.74) is 2.54. The van der Waals surface area contributed by atoms with Crippen LogP contribution in [0.2, 0.25) is 0 Å². The van der Waals surface area contributed by atoms with Crippen LogP contribution in [0.4, 0.5) is 5.69 Å². The van der Waals surface area contributed by atoms with Gasteiger partial charge in [-0.3, -0.25) is 14.8 Å². The van der Waals surface area contributed by atoms with Gasteiger partial charge in [0.05, 0.1) is 23.6 Å². The largest absolute Gasteiger partial charge is 0.322 e. The number of nitrogens with one attached hydrogen (secondary N) is 3. The maximum Gasteiger partial charge on any atom is 0.238 e. The van der Waals surface area contributed by atoms with E-state index in [0.717, 1.165) is 43.0 Å². The van der Waals surface area contributed by atoms with Crippen LogP contribution < -0.4 is 10.6 Å². The Morgan fingerprint density at radius 1 is 1.40 bits per heavy atom. The van der Waals surface area contributed by atoms with Crippen molar-refractivity contribution in [2.75, 3.05) is 32.0 Å². The Morgan fingerprint density at radius 2 is 2.20 bits per heavy atom. The molecule has 0 aliphatic carbocycles. The number of rotatable bonds is 4. The summed E-state index contributed by atoms with van der Waals surface area (Å²) in [6.07, 6.45) is 3.44. The van der Waals surface area contributed by atoms with Gasteiger partial charge in [0.25, 0.3) is 0 Å². The zero-order valence-electron chi connectivity index (χ0n) is 12.6. The fourth-order valence-electron chi connectivity index (χ4n) is 2.71. The number of likely N-dealkylation sites (N-methyl/N-ethyl adjacent to an activating group) is 1. The Morgan fingerprint density at radius 3 is 2.90 bits per heavy atom. The van der Waals surface area contributed by atoms with E-state index in [1.54, 1.807) is 0 Å². The number of nitrogens with zero attached hydrogens (tertiary/aromatic N) is 2. The quantitative estimate of drug-likeness (QED) is 0.770. The molecule has 1 aromatic heterocycles. The number of aromatic nitrogens is 2. The van der Waals surface area contributed by atoms with E-state index in [1.807, 2.05) is 20.9 Å². The molecule has 1 unspecified atom stereocenters. The van der Waals surface area contributed by atoms with Gasteiger partial charge in [-0.1, -0.05) is 0 Å². The first kappa shape index (κ1) is 15.0. The van der Waals surface area contributed by atoms with Crippen LogP contribution in [0, 0.1) is 13.8 Å². The third-order valence-corrected chi connectivity index (χ3v) is 3.95. The molecule has 1 atom stereocenters. The highest BCUT2D eigenvalue weighted by atomic mass is 16.2. The maximum atomic E-state index is 12.1. The van der Waals surface area contributed by atoms with E-state index in [2.05, 4.69) is 25.7 Å². The second-order valence-electron chi connectivity index (χ2n) is 5.61. The van der Waals surface area contributed by atoms with Gasteiger partial charge in [-0.2, -0.15) is 5.10 Å². The van der Waals surface area contributed by atoms with Crippen LogP contribution in [-0.4, -0.2) is 53.7 Å². The van der Waals surface area contributed by atoms with Crippen molar-refractivity contribution in [1.29, 1.82) is 0 Å². The van der Waals surface area contributed by atoms with Crippen molar-refractivity contribution in [3.63, 3.8) is 0 Å². The van der Waals surface area contributed by atoms with Crippen LogP contribution in [-0.2, 0) is 4.79 Å². The molecule has 0 radical (unpaired) electrons. The van der Waals surface area contributed by atoms with Gasteiger partial charge < -0.3 is 10.6 Å². The molecule has 20 heavy (non-hydrogen) atoms. The Bertz CT molecular complexity index is 429. The molecule has 1 fully saturated rings. The highest BCUT2D eigenvalue weighted by Gasteiger charge is 2.19. The van der Waals surface area contributed by atoms with Crippen LogP contribution in [0.25, 0.3) is 0 Å². The number of H-pyrrole nitrogens is 1. The van der Waals surface area contributed by atoms with E-state index in [-0.39, 0.29) is 5.91 Å². The molecule has 3 N–H and O–H groups in total. The van der Waals surface area contributed by atoms with E-state index >= 15 is 0 Å². The van der Waals surface area contributed by atoms with Crippen molar-refractivity contribution in [2.45, 2.75) is 39.2 Å². The van der Waals surface area contributed by atoms with E-state index < -0.39 is 0 Å². The first-order valence-electron chi connectivity index (χ1n) is 7.30. The van der Waals surface area contributed by atoms with E-state index in [1.165, 1.54) is 6.42 Å². The van der Waals surface area contributed by atoms with Crippen LogP contribution in [0.1, 0.15) is 30.7 Å². The number of anilines is 1. The Kier molecular flexibility index (Phi) is 5.14. The highest BCUT2D eigenvalue weighted by Crippen LogP contribution is 2.16. The molecule has 6 nitrogen and oxygen atoms in total. The number of carbonyl (C=O) groups excluding carboxylic acids is 1. The van der Waals surface area contributed by atoms with Crippen LogP contribution in [0.5, 0.6) is 0 Å². The normalized spacial score (nSPS) is 19.9. The summed E-state index contributed by atoms with van der Waals surface area (Å²) in [5.74, 6) is 0.0253. The minimum absolute atomic E-state index is 0.0253. The molecular formula is C14H25N5O. The molecular weight excluding hydrogens is 254 g/mol. The minimum Gasteiger partial charge on any atom is -0.322 e. The fraction of sp³-hybridized carbons (Fsp3) is 0.714. The van der Waals surface area contributed by atoms with Crippen molar-refractivity contribution in [2.24, 2.45) is 0 Å². The molecule has 1 aliphatic rings. The molecule has 1 saturated heterocycles. The molecule has 0 saturated carbocycles. The third kappa shape index (κ3) is 3.80. The second kappa shape index (κ2) is 6.85. The van der Waals surface area contributed by atoms with Gasteiger partial charge in [0.1, 0.15) is 0 Å². The van der Waals surface area contributed by atoms with Crippen molar-refractivity contribution in [3.8, 4) is 0 Å². The Hall–Kier alpha value is -1.40. The lowest BCUT2D eigenvalue weighted by Gasteiger charge is -2.26. The molecule has 0 bridgehead atoms. The predicted octanol–water partition coefficient (Wildman–Crippen LogP) is 1.04. The summed E-state index contributed by atoms with van der Waals surface area (Å²) < 4.78 is 0. The minimum atomic E-state index is 0.0253. The zero-order valence-corrected chi connectivity index (χ0v) is 12.6. The highest BCUT2D eigenvalue weighted by molar-refractivity contribution is 5.93.